The van der Waals surface area contributed by atoms with Crippen LogP contribution >= 0.6 is 0 Å². The third kappa shape index (κ3) is 1.99. The molecule has 0 bridgehead atoms. The molecule has 0 unspecified atom stereocenters. The van der Waals surface area contributed by atoms with Crippen molar-refractivity contribution in [2.45, 2.75) is 13.3 Å². The second kappa shape index (κ2) is 4.61. The molecule has 0 aliphatic heterocycles. The normalized spacial score (nSPS) is 11.8. The van der Waals surface area contributed by atoms with Crippen LogP contribution in [0.4, 0.5) is 4.39 Å². The maximum atomic E-state index is 13.4. The molecule has 0 heterocycles. The molecule has 0 aromatic heterocycles. The highest BCUT2D eigenvalue weighted by Gasteiger charge is 2.03. The standard InChI is InChI=1S/C14H13F/c1-5-11(6-2)14-10(4)8-9-13(15)12(14)7-3/h3,5,8-9H,1,4,6H2,2H3/b14-11-. The fourth-order valence-corrected chi connectivity index (χ4v) is 1.55. The van der Waals surface area contributed by atoms with Gasteiger partial charge >= 0.3 is 0 Å². The zero-order chi connectivity index (χ0) is 11.4. The molecule has 0 nitrogen and oxygen atoms in total. The van der Waals surface area contributed by atoms with E-state index in [0.29, 0.717) is 5.22 Å². The Morgan fingerprint density at radius 3 is 2.73 bits per heavy atom. The summed E-state index contributed by atoms with van der Waals surface area (Å²) in [4.78, 5) is 0. The monoisotopic (exact) mass is 200 g/mol. The third-order valence-corrected chi connectivity index (χ3v) is 2.33. The Morgan fingerprint density at radius 2 is 2.27 bits per heavy atom. The average Bonchev–Trinajstić information content (AvgIpc) is 2.25. The van der Waals surface area contributed by atoms with E-state index in [1.807, 2.05) is 6.92 Å². The number of benzene rings is 1. The van der Waals surface area contributed by atoms with Gasteiger partial charge in [0.1, 0.15) is 5.82 Å². The summed E-state index contributed by atoms with van der Waals surface area (Å²) < 4.78 is 13.4. The summed E-state index contributed by atoms with van der Waals surface area (Å²) in [5.74, 6) is 1.99. The summed E-state index contributed by atoms with van der Waals surface area (Å²) >= 11 is 0. The lowest BCUT2D eigenvalue weighted by molar-refractivity contribution is 0.622. The summed E-state index contributed by atoms with van der Waals surface area (Å²) in [6.45, 7) is 9.53. The summed E-state index contributed by atoms with van der Waals surface area (Å²) in [6.07, 6.45) is 7.75. The lowest BCUT2D eigenvalue weighted by Crippen LogP contribution is -2.29. The lowest BCUT2D eigenvalue weighted by Gasteiger charge is -2.02. The van der Waals surface area contributed by atoms with Gasteiger partial charge in [0.15, 0.2) is 0 Å². The highest BCUT2D eigenvalue weighted by Crippen LogP contribution is 2.03. The van der Waals surface area contributed by atoms with Crippen LogP contribution in [0.15, 0.2) is 24.8 Å². The van der Waals surface area contributed by atoms with E-state index in [2.05, 4.69) is 19.1 Å². The highest BCUT2D eigenvalue weighted by molar-refractivity contribution is 5.59. The molecule has 15 heavy (non-hydrogen) atoms. The first-order valence-electron chi connectivity index (χ1n) is 4.75. The van der Waals surface area contributed by atoms with Crippen molar-refractivity contribution >= 4 is 12.2 Å². The van der Waals surface area contributed by atoms with Crippen LogP contribution in [-0.2, 0) is 0 Å². The van der Waals surface area contributed by atoms with Crippen LogP contribution in [-0.4, -0.2) is 0 Å². The first kappa shape index (κ1) is 11.3. The minimum atomic E-state index is -0.382. The molecule has 0 spiro atoms. The summed E-state index contributed by atoms with van der Waals surface area (Å²) in [6, 6.07) is 2.97. The Bertz CT molecular complexity index is 530. The predicted octanol–water partition coefficient (Wildman–Crippen LogP) is 1.96. The van der Waals surface area contributed by atoms with E-state index in [4.69, 9.17) is 6.42 Å². The average molecular weight is 200 g/mol. The van der Waals surface area contributed by atoms with Crippen LogP contribution in [0.25, 0.3) is 12.2 Å². The van der Waals surface area contributed by atoms with Crippen molar-refractivity contribution in [1.82, 2.24) is 0 Å². The van der Waals surface area contributed by atoms with Crippen molar-refractivity contribution in [2.75, 3.05) is 0 Å². The number of hydrogen-bond acceptors (Lipinski definition) is 0. The molecular weight excluding hydrogens is 187 g/mol. The van der Waals surface area contributed by atoms with Gasteiger partial charge in [0.25, 0.3) is 0 Å². The van der Waals surface area contributed by atoms with Crippen LogP contribution in [0.2, 0.25) is 0 Å². The van der Waals surface area contributed by atoms with Gasteiger partial charge in [-0.1, -0.05) is 38.1 Å². The Morgan fingerprint density at radius 1 is 1.60 bits per heavy atom. The Balaban J connectivity index is 3.91. The summed E-state index contributed by atoms with van der Waals surface area (Å²) in [5.41, 5.74) is 1.20. The Hall–Kier alpha value is -1.81. The molecule has 0 amide bonds. The molecule has 0 saturated carbocycles. The minimum Gasteiger partial charge on any atom is -0.206 e. The Labute approximate surface area is 89.4 Å². The molecule has 0 saturated heterocycles. The topological polar surface area (TPSA) is 0 Å². The maximum Gasteiger partial charge on any atom is 0.139 e. The number of hydrogen-bond donors (Lipinski definition) is 0. The van der Waals surface area contributed by atoms with Crippen LogP contribution in [0.3, 0.4) is 0 Å². The number of rotatable bonds is 2. The van der Waals surface area contributed by atoms with Gasteiger partial charge in [-0.3, -0.25) is 0 Å². The molecule has 0 aliphatic rings. The maximum absolute atomic E-state index is 13.4. The smallest absolute Gasteiger partial charge is 0.139 e. The minimum absolute atomic E-state index is 0.277. The van der Waals surface area contributed by atoms with E-state index in [-0.39, 0.29) is 11.4 Å². The van der Waals surface area contributed by atoms with Crippen molar-refractivity contribution in [1.29, 1.82) is 0 Å². The molecule has 0 fully saturated rings. The third-order valence-electron chi connectivity index (χ3n) is 2.33. The molecule has 76 valence electrons. The van der Waals surface area contributed by atoms with Crippen molar-refractivity contribution in [2.24, 2.45) is 0 Å². The lowest BCUT2D eigenvalue weighted by atomic mass is 10.0. The molecule has 1 aromatic rings. The largest absolute Gasteiger partial charge is 0.206 e. The van der Waals surface area contributed by atoms with Crippen molar-refractivity contribution < 1.29 is 4.39 Å². The first-order valence-corrected chi connectivity index (χ1v) is 4.75. The van der Waals surface area contributed by atoms with E-state index in [0.717, 1.165) is 17.2 Å². The number of terminal acetylenes is 1. The molecule has 0 radical (unpaired) electrons. The molecule has 1 rings (SSSR count). The van der Waals surface area contributed by atoms with Gasteiger partial charge in [-0.2, -0.15) is 0 Å². The molecule has 0 aliphatic carbocycles. The van der Waals surface area contributed by atoms with E-state index in [1.165, 1.54) is 6.07 Å². The fourth-order valence-electron chi connectivity index (χ4n) is 1.55. The molecule has 1 aromatic carbocycles. The Kier molecular flexibility index (Phi) is 3.46. The van der Waals surface area contributed by atoms with Crippen molar-refractivity contribution in [3.8, 4) is 12.3 Å². The fraction of sp³-hybridized carbons (Fsp3) is 0.143. The van der Waals surface area contributed by atoms with Crippen molar-refractivity contribution in [3.05, 3.63) is 46.6 Å². The summed E-state index contributed by atoms with van der Waals surface area (Å²) in [7, 11) is 0. The van der Waals surface area contributed by atoms with Crippen LogP contribution < -0.4 is 10.4 Å². The van der Waals surface area contributed by atoms with Crippen LogP contribution in [0, 0.1) is 18.2 Å². The summed E-state index contributed by atoms with van der Waals surface area (Å²) in [5, 5.41) is 1.44. The van der Waals surface area contributed by atoms with E-state index < -0.39 is 0 Å². The van der Waals surface area contributed by atoms with E-state index >= 15 is 0 Å². The van der Waals surface area contributed by atoms with Gasteiger partial charge < -0.3 is 0 Å². The second-order valence-corrected chi connectivity index (χ2v) is 3.18. The van der Waals surface area contributed by atoms with E-state index in [9.17, 15) is 4.39 Å². The number of allylic oxidation sites excluding steroid dienone is 1. The number of halogens is 1. The van der Waals surface area contributed by atoms with E-state index in [1.54, 1.807) is 12.1 Å². The van der Waals surface area contributed by atoms with Gasteiger partial charge in [-0.25, -0.2) is 4.39 Å². The highest BCUT2D eigenvalue weighted by atomic mass is 19.1. The molecule has 0 atom stereocenters. The molecule has 1 heteroatoms. The molecular formula is C14H13F. The second-order valence-electron chi connectivity index (χ2n) is 3.18. The van der Waals surface area contributed by atoms with Gasteiger partial charge in [0.2, 0.25) is 0 Å². The van der Waals surface area contributed by atoms with Gasteiger partial charge in [0.05, 0.1) is 5.56 Å². The van der Waals surface area contributed by atoms with Crippen molar-refractivity contribution in [3.63, 3.8) is 0 Å². The van der Waals surface area contributed by atoms with Gasteiger partial charge in [-0.15, -0.1) is 6.42 Å². The van der Waals surface area contributed by atoms with Gasteiger partial charge in [0, 0.05) is 5.22 Å². The SMILES string of the molecule is C#Cc1c(F)ccc(=C)/c1=C(\C=C)CC. The molecule has 0 N–H and O–H groups in total. The quantitative estimate of drug-likeness (QED) is 0.640. The predicted molar refractivity (Wildman–Crippen MR) is 63.0 cm³/mol. The van der Waals surface area contributed by atoms with Crippen LogP contribution in [0.1, 0.15) is 18.9 Å². The zero-order valence-corrected chi connectivity index (χ0v) is 8.81. The van der Waals surface area contributed by atoms with Gasteiger partial charge in [-0.05, 0) is 23.3 Å². The first-order chi connectivity index (χ1) is 7.15. The zero-order valence-electron chi connectivity index (χ0n) is 8.81. The van der Waals surface area contributed by atoms with Crippen LogP contribution in [0.5, 0.6) is 0 Å².